The molecule has 0 saturated carbocycles. The first-order valence-electron chi connectivity index (χ1n) is 8.14. The normalized spacial score (nSPS) is 25.7. The second-order valence-corrected chi connectivity index (χ2v) is 8.58. The van der Waals surface area contributed by atoms with Crippen LogP contribution in [-0.2, 0) is 26.0 Å². The molecular formula is C14H21N5O5S. The third kappa shape index (κ3) is 4.15. The lowest BCUT2D eigenvalue weighted by molar-refractivity contribution is -0.142. The molecule has 3 rings (SSSR count). The Labute approximate surface area is 145 Å². The van der Waals surface area contributed by atoms with Crippen molar-refractivity contribution in [3.05, 3.63) is 12.7 Å². The quantitative estimate of drug-likeness (QED) is 0.637. The van der Waals surface area contributed by atoms with E-state index < -0.39 is 27.9 Å². The number of fused-ring (bicyclic) bond motifs is 1. The number of carbonyl (C=O) groups is 2. The Kier molecular flexibility index (Phi) is 5.04. The van der Waals surface area contributed by atoms with E-state index >= 15 is 0 Å². The number of carboxylic acid groups (broad SMARTS) is 1. The Balaban J connectivity index is 1.63. The highest BCUT2D eigenvalue weighted by Crippen LogP contribution is 2.27. The van der Waals surface area contributed by atoms with Crippen molar-refractivity contribution < 1.29 is 23.1 Å². The number of hydrogen-bond donors (Lipinski definition) is 1. The van der Waals surface area contributed by atoms with Crippen LogP contribution >= 0.6 is 0 Å². The van der Waals surface area contributed by atoms with Crippen LogP contribution in [0.25, 0.3) is 0 Å². The molecule has 2 aliphatic rings. The van der Waals surface area contributed by atoms with Crippen molar-refractivity contribution >= 4 is 21.7 Å². The van der Waals surface area contributed by atoms with Crippen LogP contribution in [0.1, 0.15) is 12.8 Å². The van der Waals surface area contributed by atoms with Gasteiger partial charge < -0.3 is 10.0 Å². The van der Waals surface area contributed by atoms with Gasteiger partial charge in [-0.05, 0) is 6.42 Å². The minimum atomic E-state index is -3.27. The third-order valence-corrected chi connectivity index (χ3v) is 6.39. The summed E-state index contributed by atoms with van der Waals surface area (Å²) >= 11 is 0. The van der Waals surface area contributed by atoms with E-state index in [1.807, 2.05) is 0 Å². The smallest absolute Gasteiger partial charge is 0.317 e. The molecule has 1 N–H and O–H groups in total. The molecule has 1 aromatic heterocycles. The zero-order chi connectivity index (χ0) is 18.0. The zero-order valence-corrected chi connectivity index (χ0v) is 14.5. The number of amides is 1. The highest BCUT2D eigenvalue weighted by Gasteiger charge is 2.48. The Morgan fingerprint density at radius 2 is 1.96 bits per heavy atom. The van der Waals surface area contributed by atoms with Crippen molar-refractivity contribution in [3.63, 3.8) is 0 Å². The van der Waals surface area contributed by atoms with Gasteiger partial charge in [0.25, 0.3) is 0 Å². The molecule has 0 bridgehead atoms. The summed E-state index contributed by atoms with van der Waals surface area (Å²) in [6.45, 7) is 1.09. The Morgan fingerprint density at radius 3 is 2.64 bits per heavy atom. The van der Waals surface area contributed by atoms with Gasteiger partial charge in [-0.15, -0.1) is 0 Å². The van der Waals surface area contributed by atoms with E-state index in [-0.39, 0.29) is 24.0 Å². The molecule has 2 fully saturated rings. The standard InChI is InChI=1S/C14H21N5O5S/c20-13(2-1-3-18-10-15-9-16-18)19-5-4-17(6-14(21)22)11-7-25(23,24)8-12(11)19/h9-12H,1-8H2,(H,21,22)/t11-,12+/m0/s1. The summed E-state index contributed by atoms with van der Waals surface area (Å²) in [6, 6.07) is -0.897. The summed E-state index contributed by atoms with van der Waals surface area (Å²) in [5, 5.41) is 13.0. The maximum Gasteiger partial charge on any atom is 0.317 e. The maximum absolute atomic E-state index is 12.6. The van der Waals surface area contributed by atoms with E-state index in [4.69, 9.17) is 5.11 Å². The average Bonchev–Trinajstić information content (AvgIpc) is 3.13. The number of carboxylic acids is 1. The summed E-state index contributed by atoms with van der Waals surface area (Å²) in [5.41, 5.74) is 0. The first-order chi connectivity index (χ1) is 11.9. The first-order valence-corrected chi connectivity index (χ1v) is 9.96. The first kappa shape index (κ1) is 17.8. The van der Waals surface area contributed by atoms with Gasteiger partial charge in [-0.3, -0.25) is 19.2 Å². The highest BCUT2D eigenvalue weighted by molar-refractivity contribution is 7.91. The summed E-state index contributed by atoms with van der Waals surface area (Å²) in [5.74, 6) is -1.27. The third-order valence-electron chi connectivity index (χ3n) is 4.69. The summed E-state index contributed by atoms with van der Waals surface area (Å²) in [7, 11) is -3.27. The number of piperazine rings is 1. The lowest BCUT2D eigenvalue weighted by atomic mass is 10.0. The second-order valence-electron chi connectivity index (χ2n) is 6.43. The van der Waals surface area contributed by atoms with Crippen molar-refractivity contribution in [2.45, 2.75) is 31.5 Å². The molecule has 3 heterocycles. The van der Waals surface area contributed by atoms with Crippen LogP contribution in [0.3, 0.4) is 0 Å². The lowest BCUT2D eigenvalue weighted by Gasteiger charge is -2.43. The number of aliphatic carboxylic acids is 1. The molecule has 2 saturated heterocycles. The molecule has 0 spiro atoms. The molecule has 11 heteroatoms. The molecule has 0 aromatic carbocycles. The molecule has 1 amide bonds. The van der Waals surface area contributed by atoms with Crippen LogP contribution in [0, 0.1) is 0 Å². The Hall–Kier alpha value is -2.01. The Bertz CT molecular complexity index is 735. The van der Waals surface area contributed by atoms with Gasteiger partial charge >= 0.3 is 5.97 Å². The van der Waals surface area contributed by atoms with Gasteiger partial charge in [0.1, 0.15) is 12.7 Å². The van der Waals surface area contributed by atoms with Crippen LogP contribution in [-0.4, -0.2) is 93.2 Å². The highest BCUT2D eigenvalue weighted by atomic mass is 32.2. The second kappa shape index (κ2) is 7.08. The molecule has 25 heavy (non-hydrogen) atoms. The summed E-state index contributed by atoms with van der Waals surface area (Å²) in [6.07, 6.45) is 3.88. The molecule has 1 aromatic rings. The summed E-state index contributed by atoms with van der Waals surface area (Å²) in [4.78, 5) is 30.7. The molecule has 10 nitrogen and oxygen atoms in total. The Morgan fingerprint density at radius 1 is 1.20 bits per heavy atom. The van der Waals surface area contributed by atoms with Crippen molar-refractivity contribution in [2.24, 2.45) is 0 Å². The fourth-order valence-electron chi connectivity index (χ4n) is 3.59. The van der Waals surface area contributed by atoms with Crippen LogP contribution in [0.15, 0.2) is 12.7 Å². The topological polar surface area (TPSA) is 126 Å². The van der Waals surface area contributed by atoms with E-state index in [9.17, 15) is 18.0 Å². The van der Waals surface area contributed by atoms with Gasteiger partial charge in [-0.1, -0.05) is 0 Å². The van der Waals surface area contributed by atoms with Crippen molar-refractivity contribution in [2.75, 3.05) is 31.1 Å². The molecule has 138 valence electrons. The van der Waals surface area contributed by atoms with Gasteiger partial charge in [0.15, 0.2) is 9.84 Å². The molecule has 0 aliphatic carbocycles. The van der Waals surface area contributed by atoms with E-state index in [0.717, 1.165) is 0 Å². The largest absolute Gasteiger partial charge is 0.480 e. The van der Waals surface area contributed by atoms with Crippen LogP contribution in [0.5, 0.6) is 0 Å². The molecule has 2 aliphatic heterocycles. The number of rotatable bonds is 6. The van der Waals surface area contributed by atoms with Crippen LogP contribution in [0.2, 0.25) is 0 Å². The maximum atomic E-state index is 12.6. The lowest BCUT2D eigenvalue weighted by Crippen LogP contribution is -2.61. The fraction of sp³-hybridized carbons (Fsp3) is 0.714. The molecule has 0 radical (unpaired) electrons. The minimum absolute atomic E-state index is 0.0896. The van der Waals surface area contributed by atoms with Gasteiger partial charge in [-0.2, -0.15) is 5.10 Å². The van der Waals surface area contributed by atoms with E-state index in [1.165, 1.54) is 6.33 Å². The molecular weight excluding hydrogens is 350 g/mol. The molecule has 0 unspecified atom stereocenters. The van der Waals surface area contributed by atoms with Crippen molar-refractivity contribution in [3.8, 4) is 0 Å². The summed E-state index contributed by atoms with van der Waals surface area (Å²) < 4.78 is 25.7. The SMILES string of the molecule is O=C(O)CN1CCN(C(=O)CCCn2cncn2)[C@@H]2CS(=O)(=O)C[C@@H]21. The van der Waals surface area contributed by atoms with E-state index in [1.54, 1.807) is 20.8 Å². The fourth-order valence-corrected chi connectivity index (χ4v) is 5.60. The van der Waals surface area contributed by atoms with Crippen molar-refractivity contribution in [1.82, 2.24) is 24.6 Å². The predicted octanol–water partition coefficient (Wildman–Crippen LogP) is -1.55. The number of sulfone groups is 1. The monoisotopic (exact) mass is 371 g/mol. The van der Waals surface area contributed by atoms with Gasteiger partial charge in [-0.25, -0.2) is 13.4 Å². The number of aryl methyl sites for hydroxylation is 1. The van der Waals surface area contributed by atoms with Gasteiger partial charge in [0.2, 0.25) is 5.91 Å². The van der Waals surface area contributed by atoms with Crippen molar-refractivity contribution in [1.29, 1.82) is 0 Å². The molecule has 2 atom stereocenters. The zero-order valence-electron chi connectivity index (χ0n) is 13.7. The number of nitrogens with zero attached hydrogens (tertiary/aromatic N) is 5. The minimum Gasteiger partial charge on any atom is -0.480 e. The van der Waals surface area contributed by atoms with Crippen LogP contribution in [0.4, 0.5) is 0 Å². The number of carbonyl (C=O) groups excluding carboxylic acids is 1. The van der Waals surface area contributed by atoms with Crippen LogP contribution < -0.4 is 0 Å². The van der Waals surface area contributed by atoms with E-state index in [0.29, 0.717) is 32.5 Å². The average molecular weight is 371 g/mol. The number of aromatic nitrogens is 3. The van der Waals surface area contributed by atoms with Gasteiger partial charge in [0.05, 0.1) is 24.1 Å². The van der Waals surface area contributed by atoms with Gasteiger partial charge in [0, 0.05) is 32.1 Å². The predicted molar refractivity (Wildman–Crippen MR) is 86.4 cm³/mol. The van der Waals surface area contributed by atoms with E-state index in [2.05, 4.69) is 10.1 Å². The number of hydrogen-bond acceptors (Lipinski definition) is 7.